The molecule has 0 radical (unpaired) electrons. The third-order valence-corrected chi connectivity index (χ3v) is 6.06. The number of anilines is 1. The fraction of sp³-hybridized carbons (Fsp3) is 0.208. The number of rotatable bonds is 4. The molecule has 0 aliphatic carbocycles. The van der Waals surface area contributed by atoms with Gasteiger partial charge in [-0.2, -0.15) is 0 Å². The Morgan fingerprint density at radius 1 is 1.12 bits per heavy atom. The number of fused-ring (bicyclic) bond motifs is 1. The summed E-state index contributed by atoms with van der Waals surface area (Å²) in [5.41, 5.74) is 3.23. The molecule has 1 atom stereocenters. The maximum Gasteiger partial charge on any atom is 0.321 e. The van der Waals surface area contributed by atoms with E-state index >= 15 is 0 Å². The van der Waals surface area contributed by atoms with Gasteiger partial charge in [-0.1, -0.05) is 23.7 Å². The number of urea groups is 1. The third-order valence-electron chi connectivity index (χ3n) is 5.73. The van der Waals surface area contributed by atoms with Crippen molar-refractivity contribution in [3.05, 3.63) is 71.9 Å². The van der Waals surface area contributed by atoms with Gasteiger partial charge in [0.1, 0.15) is 17.1 Å². The highest BCUT2D eigenvalue weighted by Gasteiger charge is 2.31. The molecule has 1 fully saturated rings. The summed E-state index contributed by atoms with van der Waals surface area (Å²) in [7, 11) is 1.65. The number of benzene rings is 2. The zero-order valence-corrected chi connectivity index (χ0v) is 18.3. The van der Waals surface area contributed by atoms with Crippen LogP contribution in [0.15, 0.2) is 66.9 Å². The van der Waals surface area contributed by atoms with E-state index in [1.54, 1.807) is 30.3 Å². The van der Waals surface area contributed by atoms with Crippen LogP contribution < -0.4 is 10.1 Å². The van der Waals surface area contributed by atoms with Gasteiger partial charge in [0.25, 0.3) is 0 Å². The van der Waals surface area contributed by atoms with Crippen molar-refractivity contribution in [1.82, 2.24) is 19.4 Å². The first-order valence-corrected chi connectivity index (χ1v) is 10.8. The van der Waals surface area contributed by atoms with E-state index in [1.807, 2.05) is 48.5 Å². The predicted molar refractivity (Wildman–Crippen MR) is 125 cm³/mol. The number of nitrogens with one attached hydrogen (secondary N) is 1. The molecule has 1 N–H and O–H groups in total. The lowest BCUT2D eigenvalue weighted by Crippen LogP contribution is -2.33. The minimum absolute atomic E-state index is 0.0593. The molecular weight excluding hydrogens is 426 g/mol. The van der Waals surface area contributed by atoms with Gasteiger partial charge in [0.05, 0.1) is 23.9 Å². The second kappa shape index (κ2) is 8.51. The van der Waals surface area contributed by atoms with Crippen molar-refractivity contribution in [2.24, 2.45) is 0 Å². The SMILES string of the molecule is COc1ccc(-c2nc3cccnc3n2[C@H]2CCN(C(=O)Nc3ccccc3Cl)C2)cc1. The second-order valence-electron chi connectivity index (χ2n) is 7.68. The molecule has 2 amide bonds. The number of hydrogen-bond donors (Lipinski definition) is 1. The molecule has 2 aromatic carbocycles. The summed E-state index contributed by atoms with van der Waals surface area (Å²) in [4.78, 5) is 24.1. The van der Waals surface area contributed by atoms with Crippen LogP contribution >= 0.6 is 11.6 Å². The summed E-state index contributed by atoms with van der Waals surface area (Å²) < 4.78 is 7.44. The van der Waals surface area contributed by atoms with E-state index in [0.29, 0.717) is 23.8 Å². The first-order chi connectivity index (χ1) is 15.6. The molecule has 0 spiro atoms. The maximum atomic E-state index is 12.9. The first-order valence-electron chi connectivity index (χ1n) is 10.4. The smallest absolute Gasteiger partial charge is 0.321 e. The zero-order valence-electron chi connectivity index (χ0n) is 17.5. The van der Waals surface area contributed by atoms with Gasteiger partial charge in [0.2, 0.25) is 0 Å². The highest BCUT2D eigenvalue weighted by molar-refractivity contribution is 6.33. The monoisotopic (exact) mass is 447 g/mol. The van der Waals surface area contributed by atoms with E-state index in [-0.39, 0.29) is 12.1 Å². The molecule has 1 saturated heterocycles. The number of methoxy groups -OCH3 is 1. The van der Waals surface area contributed by atoms with Gasteiger partial charge in [-0.3, -0.25) is 0 Å². The fourth-order valence-corrected chi connectivity index (χ4v) is 4.30. The minimum atomic E-state index is -0.163. The van der Waals surface area contributed by atoms with Crippen molar-refractivity contribution >= 4 is 34.5 Å². The van der Waals surface area contributed by atoms with Crippen LogP contribution in [0.2, 0.25) is 5.02 Å². The highest BCUT2D eigenvalue weighted by atomic mass is 35.5. The average Bonchev–Trinajstić information content (AvgIpc) is 3.45. The topological polar surface area (TPSA) is 72.3 Å². The number of aromatic nitrogens is 3. The van der Waals surface area contributed by atoms with E-state index in [0.717, 1.165) is 34.7 Å². The van der Waals surface area contributed by atoms with E-state index < -0.39 is 0 Å². The van der Waals surface area contributed by atoms with Crippen molar-refractivity contribution in [2.75, 3.05) is 25.5 Å². The Hall–Kier alpha value is -3.58. The molecular formula is C24H22ClN5O2. The third kappa shape index (κ3) is 3.76. The molecule has 1 aliphatic heterocycles. The number of ether oxygens (including phenoxy) is 1. The summed E-state index contributed by atoms with van der Waals surface area (Å²) in [6.45, 7) is 1.19. The normalized spacial score (nSPS) is 15.8. The van der Waals surface area contributed by atoms with Gasteiger partial charge >= 0.3 is 6.03 Å². The van der Waals surface area contributed by atoms with Crippen LogP contribution in [0.3, 0.4) is 0 Å². The molecule has 162 valence electrons. The molecule has 8 heteroatoms. The van der Waals surface area contributed by atoms with Crippen LogP contribution in [0, 0.1) is 0 Å². The van der Waals surface area contributed by atoms with Gasteiger partial charge in [-0.05, 0) is 55.0 Å². The summed E-state index contributed by atoms with van der Waals surface area (Å²) in [6, 6.07) is 18.8. The molecule has 7 nitrogen and oxygen atoms in total. The summed E-state index contributed by atoms with van der Waals surface area (Å²) in [5.74, 6) is 1.62. The van der Waals surface area contributed by atoms with Crippen LogP contribution in [-0.2, 0) is 0 Å². The molecule has 0 unspecified atom stereocenters. The Morgan fingerprint density at radius 2 is 1.94 bits per heavy atom. The predicted octanol–water partition coefficient (Wildman–Crippen LogP) is 5.24. The van der Waals surface area contributed by atoms with Crippen LogP contribution in [0.25, 0.3) is 22.6 Å². The maximum absolute atomic E-state index is 12.9. The number of hydrogen-bond acceptors (Lipinski definition) is 4. The Balaban J connectivity index is 1.44. The molecule has 4 aromatic rings. The van der Waals surface area contributed by atoms with Crippen LogP contribution in [0.4, 0.5) is 10.5 Å². The zero-order chi connectivity index (χ0) is 22.1. The van der Waals surface area contributed by atoms with Crippen molar-refractivity contribution < 1.29 is 9.53 Å². The second-order valence-corrected chi connectivity index (χ2v) is 8.09. The number of imidazole rings is 1. The molecule has 2 aromatic heterocycles. The molecule has 5 rings (SSSR count). The Bertz CT molecular complexity index is 1270. The van der Waals surface area contributed by atoms with E-state index in [2.05, 4.69) is 14.9 Å². The summed E-state index contributed by atoms with van der Waals surface area (Å²) in [6.07, 6.45) is 2.58. The lowest BCUT2D eigenvalue weighted by molar-refractivity contribution is 0.221. The van der Waals surface area contributed by atoms with E-state index in [4.69, 9.17) is 21.3 Å². The number of carbonyl (C=O) groups excluding carboxylic acids is 1. The summed E-state index contributed by atoms with van der Waals surface area (Å²) in [5, 5.41) is 3.43. The lowest BCUT2D eigenvalue weighted by atomic mass is 10.2. The standard InChI is InChI=1S/C24H22ClN5O2/c1-32-18-10-8-16(9-11-18)22-27-21-7-4-13-26-23(21)30(22)17-12-14-29(15-17)24(31)28-20-6-3-2-5-19(20)25/h2-11,13,17H,12,14-15H2,1H3,(H,28,31)/t17-/m0/s1. The molecule has 3 heterocycles. The van der Waals surface area contributed by atoms with Crippen LogP contribution in [-0.4, -0.2) is 45.7 Å². The molecule has 1 aliphatic rings. The number of amides is 2. The average molecular weight is 448 g/mol. The van der Waals surface area contributed by atoms with Crippen molar-refractivity contribution in [3.8, 4) is 17.1 Å². The minimum Gasteiger partial charge on any atom is -0.497 e. The number of pyridine rings is 1. The van der Waals surface area contributed by atoms with Gasteiger partial charge in [-0.25, -0.2) is 14.8 Å². The number of para-hydroxylation sites is 1. The Kier molecular flexibility index (Phi) is 5.41. The van der Waals surface area contributed by atoms with Crippen LogP contribution in [0.1, 0.15) is 12.5 Å². The van der Waals surface area contributed by atoms with E-state index in [1.165, 1.54) is 0 Å². The van der Waals surface area contributed by atoms with Crippen molar-refractivity contribution in [2.45, 2.75) is 12.5 Å². The van der Waals surface area contributed by atoms with Gasteiger partial charge in [-0.15, -0.1) is 0 Å². The quantitative estimate of drug-likeness (QED) is 0.464. The Labute approximate surface area is 190 Å². The van der Waals surface area contributed by atoms with Gasteiger partial charge < -0.3 is 19.5 Å². The van der Waals surface area contributed by atoms with Crippen molar-refractivity contribution in [3.63, 3.8) is 0 Å². The first kappa shape index (κ1) is 20.3. The number of halogens is 1. The molecule has 32 heavy (non-hydrogen) atoms. The molecule has 0 saturated carbocycles. The summed E-state index contributed by atoms with van der Waals surface area (Å²) >= 11 is 6.20. The number of carbonyl (C=O) groups is 1. The number of nitrogens with zero attached hydrogens (tertiary/aromatic N) is 4. The Morgan fingerprint density at radius 3 is 2.72 bits per heavy atom. The lowest BCUT2D eigenvalue weighted by Gasteiger charge is -2.19. The van der Waals surface area contributed by atoms with Crippen LogP contribution in [0.5, 0.6) is 5.75 Å². The van der Waals surface area contributed by atoms with E-state index in [9.17, 15) is 4.79 Å². The molecule has 0 bridgehead atoms. The van der Waals surface area contributed by atoms with Gasteiger partial charge in [0, 0.05) is 24.8 Å². The van der Waals surface area contributed by atoms with Gasteiger partial charge in [0.15, 0.2) is 5.65 Å². The fourth-order valence-electron chi connectivity index (χ4n) is 4.11. The highest BCUT2D eigenvalue weighted by Crippen LogP contribution is 2.33. The number of likely N-dealkylation sites (tertiary alicyclic amines) is 1. The largest absolute Gasteiger partial charge is 0.497 e. The van der Waals surface area contributed by atoms with Crippen molar-refractivity contribution in [1.29, 1.82) is 0 Å².